The number of benzene rings is 2. The highest BCUT2D eigenvalue weighted by atomic mass is 19.1. The van der Waals surface area contributed by atoms with E-state index in [1.165, 1.54) is 26.0 Å². The maximum absolute atomic E-state index is 18.2. The minimum atomic E-state index is -2.44. The second-order valence-corrected chi connectivity index (χ2v) is 36.2. The van der Waals surface area contributed by atoms with Crippen LogP contribution in [-0.4, -0.2) is 301 Å². The minimum Gasteiger partial charge on any atom is -0.390 e. The first kappa shape index (κ1) is 106. The first-order valence-corrected chi connectivity index (χ1v) is 46.6. The van der Waals surface area contributed by atoms with Crippen molar-refractivity contribution < 1.29 is 118 Å². The number of hydrogen-bond donors (Lipinski definition) is 10. The summed E-state index contributed by atoms with van der Waals surface area (Å²) < 4.78 is 99.7. The van der Waals surface area contributed by atoms with Gasteiger partial charge in [0.1, 0.15) is 42.7 Å². The number of likely N-dealkylation sites (N-methyl/N-ethyl adjacent to an activating group) is 1. The van der Waals surface area contributed by atoms with E-state index in [1.807, 2.05) is 55.5 Å². The average molecular weight is 1840 g/mol. The third-order valence-corrected chi connectivity index (χ3v) is 25.4. The van der Waals surface area contributed by atoms with Crippen LogP contribution in [0.2, 0.25) is 0 Å². The van der Waals surface area contributed by atoms with Gasteiger partial charge in [0.2, 0.25) is 47.3 Å². The van der Waals surface area contributed by atoms with E-state index in [1.54, 1.807) is 25.7 Å². The summed E-state index contributed by atoms with van der Waals surface area (Å²) in [5.74, 6) is -0.921. The molecule has 14 atom stereocenters. The molecule has 2 aromatic rings. The molecule has 9 rings (SSSR count). The number of fused-ring (bicyclic) bond motifs is 9. The highest BCUT2D eigenvalue weighted by molar-refractivity contribution is 6.02. The molecule has 8 amide bonds. The van der Waals surface area contributed by atoms with Gasteiger partial charge in [-0.25, -0.2) is 14.3 Å². The van der Waals surface area contributed by atoms with Crippen LogP contribution in [0.4, 0.5) is 14.5 Å². The number of alkyl halides is 2. The summed E-state index contributed by atoms with van der Waals surface area (Å²) in [5.41, 5.74) is 5.19. The van der Waals surface area contributed by atoms with Crippen LogP contribution in [-0.2, 0) is 107 Å². The van der Waals surface area contributed by atoms with Crippen LogP contribution in [0, 0.1) is 46.0 Å². The number of rotatable bonds is 58. The molecule has 3 saturated carbocycles. The van der Waals surface area contributed by atoms with Gasteiger partial charge in [-0.15, -0.1) is 0 Å². The zero-order valence-corrected chi connectivity index (χ0v) is 77.8. The van der Waals surface area contributed by atoms with Crippen molar-refractivity contribution in [2.45, 2.75) is 217 Å². The number of ketones is 2. The fraction of sp³-hybridized carbons (Fsp3) is 0.684. The molecule has 0 aromatic heterocycles. The fourth-order valence-corrected chi connectivity index (χ4v) is 18.4. The Hall–Kier alpha value is -8.94. The lowest BCUT2D eigenvalue weighted by atomic mass is 9.44. The SMILES string of the molecule is CCCC1O[C@@H]2C[C@H]3[C@@H]4C[C@H](F)C5=CC(=O)C=C[C@]5(C)[C@@]4(F)[C@@H](O)C[C@]3(C)[C@]2(C(=O)CNC(=O)[C@H](C)NC(=O)[C@@H](NC(=O)[C@@H](CCCCNC(=O)COC2CCCCC/C(NCCOCCOCCOCCOCCC(=O)NCC[N+](C)(C)C)=C\2N=N)NC(=O)CCOCCOCCOCCOCCNC(=O)CCC(=O)N2Cc3ccccc3C#Cc3ccccc32)C(C)C)O1. The maximum Gasteiger partial charge on any atom is 0.246 e. The fourth-order valence-electron chi connectivity index (χ4n) is 18.4. The second kappa shape index (κ2) is 52.6. The third-order valence-electron chi connectivity index (χ3n) is 25.4. The molecule has 36 heteroatoms. The maximum atomic E-state index is 18.2. The molecule has 2 heterocycles. The number of aliphatic hydroxyl groups excluding tert-OH is 1. The molecule has 10 N–H and O–H groups in total. The molecule has 0 bridgehead atoms. The van der Waals surface area contributed by atoms with E-state index in [4.69, 9.17) is 57.6 Å². The van der Waals surface area contributed by atoms with Crippen molar-refractivity contribution in [2.24, 2.45) is 33.7 Å². The van der Waals surface area contributed by atoms with E-state index >= 15 is 13.6 Å². The zero-order chi connectivity index (χ0) is 94.6. The summed E-state index contributed by atoms with van der Waals surface area (Å²) in [7, 11) is 6.20. The molecule has 2 aliphatic heterocycles. The van der Waals surface area contributed by atoms with E-state index in [0.717, 1.165) is 58.8 Å². The van der Waals surface area contributed by atoms with Crippen molar-refractivity contribution in [3.8, 4) is 11.8 Å². The number of Topliss-reactive ketones (excluding diaryl/α,β-unsaturated/α-hetero) is 1. The van der Waals surface area contributed by atoms with Gasteiger partial charge in [-0.2, -0.15) is 5.11 Å². The number of halogens is 2. The lowest BCUT2D eigenvalue weighted by Crippen LogP contribution is -2.71. The predicted molar refractivity (Wildman–Crippen MR) is 480 cm³/mol. The number of allylic oxidation sites excluding steroid dienone is 5. The van der Waals surface area contributed by atoms with Crippen molar-refractivity contribution in [1.82, 2.24) is 42.5 Å². The monoisotopic (exact) mass is 1840 g/mol. The first-order valence-electron chi connectivity index (χ1n) is 46.6. The van der Waals surface area contributed by atoms with Gasteiger partial charge >= 0.3 is 0 Å². The standard InChI is InChI=1S/C95H140F2N12O22/c1-10-20-86-130-80-59-70-71-58-73(96)72-57-69(110)32-35-92(72,5)94(71,97)78(111)60-93(70,6)95(80,131-86)79(112)61-103-89(118)65(4)104-91(120)87(64(2)3)106-90(119)75(105-83(115)34-42-122-46-50-126-54-56-128-52-48-124-44-39-102-81(113)30-31-85(117)108-62-68-23-15-14-21-66(68)28-29-67-22-16-17-26-76(67)108)25-18-19-36-100-84(116)63-129-77-27-13-11-12-24-74(88(77)107-98)99-38-43-123-47-51-127-55-53-125-49-45-121-41-33-82(114)101-37-40-109(7,8)9/h14-17,21-23,26,32,35,57,64-65,70-71,73,75,77-78,80,86-87,111H,10-13,18-20,24-25,27,30-31,33-34,36-56,58-63H2,1-9H3,(H8-,98,99,100,101,102,103,104,105,106,113,114,115,116,118,119,120)/p+1/t65-,70-,71-,73-,75+,77?,78-,80+,86?,87-,92-,93-,94-,95+/m0/s1. The number of nitrogens with one attached hydrogen (secondary N) is 9. The van der Waals surface area contributed by atoms with Crippen LogP contribution < -0.4 is 47.4 Å². The normalized spacial score (nSPS) is 24.9. The van der Waals surface area contributed by atoms with E-state index < -0.39 is 136 Å². The number of hydrogen-bond acceptors (Lipinski definition) is 25. The van der Waals surface area contributed by atoms with Gasteiger partial charge in [-0.05, 0) is 131 Å². The van der Waals surface area contributed by atoms with Gasteiger partial charge in [0.25, 0.3) is 0 Å². The Kier molecular flexibility index (Phi) is 42.5. The largest absolute Gasteiger partial charge is 0.390 e. The van der Waals surface area contributed by atoms with Gasteiger partial charge in [0, 0.05) is 78.9 Å². The van der Waals surface area contributed by atoms with E-state index in [0.29, 0.717) is 122 Å². The van der Waals surface area contributed by atoms with Crippen molar-refractivity contribution >= 4 is 64.5 Å². The number of para-hydroxylation sites is 1. The van der Waals surface area contributed by atoms with Crippen molar-refractivity contribution in [1.29, 1.82) is 5.53 Å². The number of amides is 8. The van der Waals surface area contributed by atoms with Crippen LogP contribution in [0.3, 0.4) is 0 Å². The Bertz CT molecular complexity index is 4310. The molecule has 2 aromatic carbocycles. The van der Waals surface area contributed by atoms with Crippen LogP contribution >= 0.6 is 0 Å². The van der Waals surface area contributed by atoms with Gasteiger partial charge in [-0.3, -0.25) is 47.9 Å². The Balaban J connectivity index is 0.701. The molecule has 726 valence electrons. The van der Waals surface area contributed by atoms with Gasteiger partial charge < -0.3 is 109 Å². The Morgan fingerprint density at radius 3 is 1.92 bits per heavy atom. The third kappa shape index (κ3) is 30.0. The zero-order valence-electron chi connectivity index (χ0n) is 77.8. The highest BCUT2D eigenvalue weighted by Gasteiger charge is 2.80. The quantitative estimate of drug-likeness (QED) is 0.0156. The van der Waals surface area contributed by atoms with E-state index in [-0.39, 0.29) is 147 Å². The molecule has 7 aliphatic rings. The van der Waals surface area contributed by atoms with E-state index in [2.05, 4.69) is 80.6 Å². The Morgan fingerprint density at radius 2 is 1.27 bits per heavy atom. The number of nitrogens with zero attached hydrogens (tertiary/aromatic N) is 3. The summed E-state index contributed by atoms with van der Waals surface area (Å²) in [4.78, 5) is 137. The molecule has 1 saturated heterocycles. The number of unbranched alkanes of at least 4 members (excludes halogenated alkanes) is 1. The summed E-state index contributed by atoms with van der Waals surface area (Å²) in [6, 6.07) is 11.4. The lowest BCUT2D eigenvalue weighted by Gasteiger charge is -2.63. The number of ether oxygens (including phenoxy) is 11. The smallest absolute Gasteiger partial charge is 0.246 e. The molecule has 2 unspecified atom stereocenters. The number of quaternary nitrogens is 1. The highest BCUT2D eigenvalue weighted by Crippen LogP contribution is 2.72. The van der Waals surface area contributed by atoms with Gasteiger partial charge in [-0.1, -0.05) is 95.2 Å². The lowest BCUT2D eigenvalue weighted by molar-refractivity contribution is -0.869. The molecular formula is C95H141F2N12O22+. The number of aliphatic hydroxyl groups is 1. The van der Waals surface area contributed by atoms with E-state index in [9.17, 15) is 48.3 Å². The number of carbonyl (C=O) groups is 10. The molecule has 34 nitrogen and oxygen atoms in total. The van der Waals surface area contributed by atoms with Gasteiger partial charge in [0.05, 0.1) is 171 Å². The molecule has 0 spiro atoms. The van der Waals surface area contributed by atoms with Crippen molar-refractivity contribution in [3.63, 3.8) is 0 Å². The summed E-state index contributed by atoms with van der Waals surface area (Å²) in [6.07, 6.45) is 2.73. The molecular weight excluding hydrogens is 1700 g/mol. The summed E-state index contributed by atoms with van der Waals surface area (Å²) >= 11 is 0. The topological polar surface area (TPSA) is 428 Å². The molecule has 131 heavy (non-hydrogen) atoms. The van der Waals surface area contributed by atoms with Crippen LogP contribution in [0.5, 0.6) is 0 Å². The Labute approximate surface area is 768 Å². The van der Waals surface area contributed by atoms with Crippen LogP contribution in [0.25, 0.3) is 0 Å². The summed E-state index contributed by atoms with van der Waals surface area (Å²) in [6.45, 7) is 15.9. The molecule has 5 aliphatic carbocycles. The summed E-state index contributed by atoms with van der Waals surface area (Å²) in [5, 5.41) is 38.8. The number of carbonyl (C=O) groups excluding carboxylic acids is 10. The average Bonchev–Trinajstić information content (AvgIpc) is 1.49. The Morgan fingerprint density at radius 1 is 0.664 bits per heavy atom. The molecule has 0 radical (unpaired) electrons. The van der Waals surface area contributed by atoms with Gasteiger partial charge in [0.15, 0.2) is 29.1 Å². The first-order chi connectivity index (χ1) is 62.9. The second-order valence-electron chi connectivity index (χ2n) is 36.2. The van der Waals surface area contributed by atoms with Crippen LogP contribution in [0.15, 0.2) is 88.8 Å². The number of anilines is 1. The van der Waals surface area contributed by atoms with Crippen LogP contribution in [0.1, 0.15) is 167 Å². The van der Waals surface area contributed by atoms with Crippen molar-refractivity contribution in [2.75, 3.05) is 178 Å². The minimum absolute atomic E-state index is 0.00351. The predicted octanol–water partition coefficient (Wildman–Crippen LogP) is 6.06. The van der Waals surface area contributed by atoms with Crippen molar-refractivity contribution in [3.05, 3.63) is 100 Å². The molecule has 4 fully saturated rings.